The Morgan fingerprint density at radius 1 is 1.09 bits per heavy atom. The van der Waals surface area contributed by atoms with Crippen molar-refractivity contribution in [2.45, 2.75) is 11.9 Å². The van der Waals surface area contributed by atoms with E-state index < -0.39 is 23.3 Å². The number of alkyl halides is 3. The van der Waals surface area contributed by atoms with Crippen LogP contribution < -0.4 is 5.32 Å². The monoisotopic (exact) mass is 359 g/mol. The summed E-state index contributed by atoms with van der Waals surface area (Å²) >= 11 is 7.10. The van der Waals surface area contributed by atoms with E-state index in [1.54, 1.807) is 0 Å². The Morgan fingerprint density at radius 3 is 2.43 bits per heavy atom. The smallest absolute Gasteiger partial charge is 0.324 e. The highest BCUT2D eigenvalue weighted by Crippen LogP contribution is 2.38. The molecule has 0 spiro atoms. The molecular formula is C16H13ClF3NOS. The predicted octanol–water partition coefficient (Wildman–Crippen LogP) is 5.23. The Labute approximate surface area is 141 Å². The molecule has 1 amide bonds. The number of hydrogen-bond acceptors (Lipinski definition) is 2. The quantitative estimate of drug-likeness (QED) is 0.791. The van der Waals surface area contributed by atoms with Crippen LogP contribution in [-0.2, 0) is 16.7 Å². The lowest BCUT2D eigenvalue weighted by Crippen LogP contribution is -2.18. The molecule has 1 N–H and O–H groups in total. The highest BCUT2D eigenvalue weighted by Gasteiger charge is 2.34. The Morgan fingerprint density at radius 2 is 1.78 bits per heavy atom. The first kappa shape index (κ1) is 17.7. The van der Waals surface area contributed by atoms with E-state index in [-0.39, 0.29) is 10.8 Å². The largest absolute Gasteiger partial charge is 0.418 e. The zero-order valence-corrected chi connectivity index (χ0v) is 13.4. The molecule has 0 bridgehead atoms. The van der Waals surface area contributed by atoms with Crippen LogP contribution in [-0.4, -0.2) is 11.7 Å². The Hall–Kier alpha value is -1.66. The van der Waals surface area contributed by atoms with Gasteiger partial charge in [-0.25, -0.2) is 0 Å². The minimum atomic E-state index is -4.58. The molecule has 2 rings (SSSR count). The zero-order valence-electron chi connectivity index (χ0n) is 11.9. The van der Waals surface area contributed by atoms with Crippen LogP contribution in [0.5, 0.6) is 0 Å². The van der Waals surface area contributed by atoms with Crippen LogP contribution in [0.2, 0.25) is 5.02 Å². The molecule has 2 aromatic carbocycles. The van der Waals surface area contributed by atoms with Crippen molar-refractivity contribution in [2.75, 3.05) is 11.1 Å². The molecule has 0 unspecified atom stereocenters. The number of amides is 1. The fourth-order valence-electron chi connectivity index (χ4n) is 1.90. The summed E-state index contributed by atoms with van der Waals surface area (Å²) in [5.41, 5.74) is -0.308. The minimum absolute atomic E-state index is 0.0391. The van der Waals surface area contributed by atoms with Crippen molar-refractivity contribution in [2.24, 2.45) is 0 Å². The number of benzene rings is 2. The van der Waals surface area contributed by atoms with Crippen LogP contribution in [0.15, 0.2) is 48.5 Å². The van der Waals surface area contributed by atoms with Gasteiger partial charge in [0, 0.05) is 5.75 Å². The molecule has 7 heteroatoms. The number of nitrogens with one attached hydrogen (secondary N) is 1. The number of para-hydroxylation sites is 1. The molecule has 0 aliphatic rings. The van der Waals surface area contributed by atoms with Crippen molar-refractivity contribution in [3.63, 3.8) is 0 Å². The van der Waals surface area contributed by atoms with Crippen LogP contribution in [0.1, 0.15) is 11.1 Å². The maximum absolute atomic E-state index is 12.9. The summed E-state index contributed by atoms with van der Waals surface area (Å²) in [6.45, 7) is 0. The van der Waals surface area contributed by atoms with E-state index in [1.807, 2.05) is 30.3 Å². The van der Waals surface area contributed by atoms with Crippen LogP contribution in [0.4, 0.5) is 18.9 Å². The summed E-state index contributed by atoms with van der Waals surface area (Å²) in [6, 6.07) is 12.9. The van der Waals surface area contributed by atoms with Crippen LogP contribution in [0, 0.1) is 0 Å². The maximum atomic E-state index is 12.9. The van der Waals surface area contributed by atoms with E-state index in [1.165, 1.54) is 23.9 Å². The van der Waals surface area contributed by atoms with Gasteiger partial charge in [-0.2, -0.15) is 13.2 Å². The number of halogens is 4. The Bertz CT molecular complexity index is 677. The van der Waals surface area contributed by atoms with E-state index in [9.17, 15) is 18.0 Å². The highest BCUT2D eigenvalue weighted by molar-refractivity contribution is 7.99. The molecule has 0 aliphatic heterocycles. The van der Waals surface area contributed by atoms with Crippen molar-refractivity contribution >= 4 is 35.0 Å². The Balaban J connectivity index is 1.98. The molecule has 2 aromatic rings. The molecule has 23 heavy (non-hydrogen) atoms. The summed E-state index contributed by atoms with van der Waals surface area (Å²) in [6.07, 6.45) is -4.58. The number of carbonyl (C=O) groups is 1. The van der Waals surface area contributed by atoms with Gasteiger partial charge in [0.05, 0.1) is 22.0 Å². The van der Waals surface area contributed by atoms with Crippen molar-refractivity contribution < 1.29 is 18.0 Å². The first-order valence-electron chi connectivity index (χ1n) is 6.65. The van der Waals surface area contributed by atoms with Gasteiger partial charge >= 0.3 is 6.18 Å². The molecule has 0 radical (unpaired) electrons. The number of hydrogen-bond donors (Lipinski definition) is 1. The standard InChI is InChI=1S/C16H13ClF3NOS/c17-13-8-4-7-12(16(18,19)20)15(13)21-14(22)10-23-9-11-5-2-1-3-6-11/h1-8H,9-10H2,(H,21,22). The Kier molecular flexibility index (Phi) is 5.96. The number of carbonyl (C=O) groups excluding carboxylic acids is 1. The molecule has 0 saturated carbocycles. The second kappa shape index (κ2) is 7.75. The topological polar surface area (TPSA) is 29.1 Å². The van der Waals surface area contributed by atoms with E-state index in [2.05, 4.69) is 5.32 Å². The number of thioether (sulfide) groups is 1. The van der Waals surface area contributed by atoms with E-state index in [4.69, 9.17) is 11.6 Å². The second-order valence-electron chi connectivity index (χ2n) is 4.69. The molecule has 0 heterocycles. The predicted molar refractivity (Wildman–Crippen MR) is 87.7 cm³/mol. The lowest BCUT2D eigenvalue weighted by Gasteiger charge is -2.15. The fraction of sp³-hybridized carbons (Fsp3) is 0.188. The van der Waals surface area contributed by atoms with Gasteiger partial charge < -0.3 is 5.32 Å². The number of rotatable bonds is 5. The van der Waals surface area contributed by atoms with Crippen LogP contribution >= 0.6 is 23.4 Å². The van der Waals surface area contributed by atoms with Crippen molar-refractivity contribution in [3.8, 4) is 0 Å². The van der Waals surface area contributed by atoms with Crippen LogP contribution in [0.3, 0.4) is 0 Å². The molecule has 0 atom stereocenters. The molecular weight excluding hydrogens is 347 g/mol. The van der Waals surface area contributed by atoms with Crippen molar-refractivity contribution in [1.29, 1.82) is 0 Å². The first-order chi connectivity index (χ1) is 10.9. The summed E-state index contributed by atoms with van der Waals surface area (Å²) < 4.78 is 38.8. The molecule has 0 fully saturated rings. The molecule has 122 valence electrons. The highest BCUT2D eigenvalue weighted by atomic mass is 35.5. The van der Waals surface area contributed by atoms with Gasteiger partial charge in [-0.1, -0.05) is 48.0 Å². The van der Waals surface area contributed by atoms with Gasteiger partial charge in [-0.15, -0.1) is 11.8 Å². The summed E-state index contributed by atoms with van der Waals surface area (Å²) in [5.74, 6) is 0.116. The number of anilines is 1. The van der Waals surface area contributed by atoms with Crippen molar-refractivity contribution in [3.05, 3.63) is 64.7 Å². The first-order valence-corrected chi connectivity index (χ1v) is 8.18. The lowest BCUT2D eigenvalue weighted by molar-refractivity contribution is -0.137. The van der Waals surface area contributed by atoms with Crippen molar-refractivity contribution in [1.82, 2.24) is 0 Å². The average molecular weight is 360 g/mol. The minimum Gasteiger partial charge on any atom is -0.324 e. The van der Waals surface area contributed by atoms with Gasteiger partial charge in [0.15, 0.2) is 0 Å². The molecule has 0 aliphatic carbocycles. The van der Waals surface area contributed by atoms with Gasteiger partial charge in [0.2, 0.25) is 5.91 Å². The molecule has 0 saturated heterocycles. The third-order valence-corrected chi connectivity index (χ3v) is 4.25. The average Bonchev–Trinajstić information content (AvgIpc) is 2.49. The lowest BCUT2D eigenvalue weighted by atomic mass is 10.1. The van der Waals surface area contributed by atoms with E-state index >= 15 is 0 Å². The maximum Gasteiger partial charge on any atom is 0.418 e. The summed E-state index contributed by atoms with van der Waals surface area (Å²) in [5, 5.41) is 2.12. The summed E-state index contributed by atoms with van der Waals surface area (Å²) in [7, 11) is 0. The molecule has 2 nitrogen and oxygen atoms in total. The van der Waals surface area contributed by atoms with Gasteiger partial charge in [0.1, 0.15) is 0 Å². The molecule has 0 aromatic heterocycles. The van der Waals surface area contributed by atoms with E-state index in [0.717, 1.165) is 11.6 Å². The SMILES string of the molecule is O=C(CSCc1ccccc1)Nc1c(Cl)cccc1C(F)(F)F. The van der Waals surface area contributed by atoms with Crippen LogP contribution in [0.25, 0.3) is 0 Å². The zero-order chi connectivity index (χ0) is 16.9. The summed E-state index contributed by atoms with van der Waals surface area (Å²) in [4.78, 5) is 11.9. The fourth-order valence-corrected chi connectivity index (χ4v) is 2.91. The third kappa shape index (κ3) is 5.18. The third-order valence-electron chi connectivity index (χ3n) is 2.93. The van der Waals surface area contributed by atoms with E-state index in [0.29, 0.717) is 5.75 Å². The van der Waals surface area contributed by atoms with Gasteiger partial charge in [-0.05, 0) is 17.7 Å². The normalized spacial score (nSPS) is 11.3. The second-order valence-corrected chi connectivity index (χ2v) is 6.08. The van der Waals surface area contributed by atoms with Gasteiger partial charge in [0.25, 0.3) is 0 Å². The van der Waals surface area contributed by atoms with Gasteiger partial charge in [-0.3, -0.25) is 4.79 Å².